The highest BCUT2D eigenvalue weighted by atomic mass is 19.4. The van der Waals surface area contributed by atoms with Crippen molar-refractivity contribution in [2.45, 2.75) is 32.5 Å². The molecule has 11 heteroatoms. The molecule has 33 heavy (non-hydrogen) atoms. The predicted octanol–water partition coefficient (Wildman–Crippen LogP) is 2.88. The van der Waals surface area contributed by atoms with Gasteiger partial charge in [-0.15, -0.1) is 0 Å². The van der Waals surface area contributed by atoms with Crippen molar-refractivity contribution in [3.63, 3.8) is 0 Å². The molecule has 2 N–H and O–H groups in total. The molecule has 0 saturated carbocycles. The monoisotopic (exact) mass is 461 g/mol. The van der Waals surface area contributed by atoms with Crippen LogP contribution in [0.15, 0.2) is 52.9 Å². The molecule has 1 aliphatic heterocycles. The maximum absolute atomic E-state index is 13.2. The summed E-state index contributed by atoms with van der Waals surface area (Å²) in [4.78, 5) is 34.5. The van der Waals surface area contributed by atoms with Gasteiger partial charge in [-0.25, -0.2) is 9.97 Å². The molecule has 0 aromatic carbocycles. The first-order valence-corrected chi connectivity index (χ1v) is 10.3. The molecule has 2 atom stereocenters. The van der Waals surface area contributed by atoms with E-state index in [2.05, 4.69) is 9.97 Å². The molecule has 0 spiro atoms. The average molecular weight is 461 g/mol. The summed E-state index contributed by atoms with van der Waals surface area (Å²) in [7, 11) is 0. The van der Waals surface area contributed by atoms with Crippen LogP contribution in [-0.2, 0) is 6.54 Å². The number of halogens is 3. The van der Waals surface area contributed by atoms with E-state index in [9.17, 15) is 22.8 Å². The van der Waals surface area contributed by atoms with Gasteiger partial charge in [-0.05, 0) is 24.5 Å². The van der Waals surface area contributed by atoms with E-state index in [-0.39, 0.29) is 48.2 Å². The summed E-state index contributed by atoms with van der Waals surface area (Å²) in [5.74, 6) is -0.660. The number of nitrogen functional groups attached to an aromatic ring is 1. The molecule has 0 radical (unpaired) electrons. The Kier molecular flexibility index (Phi) is 5.73. The molecule has 0 fully saturated rings. The van der Waals surface area contributed by atoms with E-state index in [4.69, 9.17) is 10.5 Å². The fourth-order valence-corrected chi connectivity index (χ4v) is 4.35. The Morgan fingerprint density at radius 1 is 1.24 bits per heavy atom. The number of carbonyl (C=O) groups is 1. The Labute approximate surface area is 187 Å². The number of amides is 1. The van der Waals surface area contributed by atoms with Crippen molar-refractivity contribution in [1.29, 1.82) is 0 Å². The number of hydrogen-bond donors (Lipinski definition) is 1. The van der Waals surface area contributed by atoms with Crippen molar-refractivity contribution < 1.29 is 22.7 Å². The number of fused-ring (bicyclic) bond motifs is 1. The summed E-state index contributed by atoms with van der Waals surface area (Å²) in [6.45, 7) is 2.87. The molecule has 174 valence electrons. The van der Waals surface area contributed by atoms with Crippen molar-refractivity contribution >= 4 is 11.7 Å². The Hall–Kier alpha value is -3.63. The lowest BCUT2D eigenvalue weighted by Crippen LogP contribution is -2.33. The van der Waals surface area contributed by atoms with E-state index in [1.807, 2.05) is 26.0 Å². The van der Waals surface area contributed by atoms with E-state index < -0.39 is 18.3 Å². The molecule has 0 bridgehead atoms. The van der Waals surface area contributed by atoms with Gasteiger partial charge in [0, 0.05) is 23.9 Å². The Morgan fingerprint density at radius 3 is 2.70 bits per heavy atom. The van der Waals surface area contributed by atoms with Gasteiger partial charge in [-0.2, -0.15) is 13.2 Å². The number of rotatable bonds is 3. The quantitative estimate of drug-likeness (QED) is 0.754. The van der Waals surface area contributed by atoms with Gasteiger partial charge < -0.3 is 19.9 Å². The second-order valence-electron chi connectivity index (χ2n) is 8.10. The first-order valence-electron chi connectivity index (χ1n) is 10.3. The van der Waals surface area contributed by atoms with Gasteiger partial charge in [0.25, 0.3) is 11.5 Å². The van der Waals surface area contributed by atoms with Crippen LogP contribution < -0.4 is 16.0 Å². The summed E-state index contributed by atoms with van der Waals surface area (Å²) in [5.41, 5.74) is 7.33. The third kappa shape index (κ3) is 4.48. The van der Waals surface area contributed by atoms with Gasteiger partial charge in [-0.3, -0.25) is 9.59 Å². The van der Waals surface area contributed by atoms with Gasteiger partial charge >= 0.3 is 6.18 Å². The van der Waals surface area contributed by atoms with Crippen LogP contribution in [-0.4, -0.2) is 44.7 Å². The number of alkyl halides is 3. The van der Waals surface area contributed by atoms with Crippen molar-refractivity contribution in [1.82, 2.24) is 19.4 Å². The SMILES string of the molecule is CC1=CC(N2CCOc3ncnc(N)c3C2=O)=CC(C)C1c1ccc(=O)n(CC(F)(F)F)c1. The zero-order chi connectivity index (χ0) is 23.9. The first kappa shape index (κ1) is 22.6. The normalized spacial score (nSPS) is 21.0. The highest BCUT2D eigenvalue weighted by Gasteiger charge is 2.33. The number of nitrogens with zero attached hydrogens (tertiary/aromatic N) is 4. The van der Waals surface area contributed by atoms with E-state index >= 15 is 0 Å². The van der Waals surface area contributed by atoms with Gasteiger partial charge in [0.1, 0.15) is 30.9 Å². The Balaban J connectivity index is 1.65. The van der Waals surface area contributed by atoms with Crippen LogP contribution in [0, 0.1) is 5.92 Å². The summed E-state index contributed by atoms with van der Waals surface area (Å²) < 4.78 is 44.8. The number of allylic oxidation sites excluding steroid dienone is 3. The van der Waals surface area contributed by atoms with Crippen LogP contribution in [0.2, 0.25) is 0 Å². The fourth-order valence-electron chi connectivity index (χ4n) is 4.35. The summed E-state index contributed by atoms with van der Waals surface area (Å²) >= 11 is 0. The molecule has 8 nitrogen and oxygen atoms in total. The van der Waals surface area contributed by atoms with Crippen LogP contribution in [0.25, 0.3) is 0 Å². The largest absolute Gasteiger partial charge is 0.475 e. The molecule has 2 aliphatic rings. The molecule has 2 aromatic heterocycles. The topological polar surface area (TPSA) is 103 Å². The molecule has 3 heterocycles. The first-order chi connectivity index (χ1) is 15.5. The number of ether oxygens (including phenoxy) is 1. The molecule has 4 rings (SSSR count). The number of carbonyl (C=O) groups excluding carboxylic acids is 1. The van der Waals surface area contributed by atoms with Gasteiger partial charge in [0.2, 0.25) is 5.88 Å². The van der Waals surface area contributed by atoms with Crippen LogP contribution in [0.3, 0.4) is 0 Å². The highest BCUT2D eigenvalue weighted by Crippen LogP contribution is 2.38. The van der Waals surface area contributed by atoms with Crippen LogP contribution >= 0.6 is 0 Å². The minimum atomic E-state index is -4.50. The van der Waals surface area contributed by atoms with Crippen molar-refractivity contribution in [3.8, 4) is 5.88 Å². The zero-order valence-electron chi connectivity index (χ0n) is 18.0. The van der Waals surface area contributed by atoms with Crippen molar-refractivity contribution in [3.05, 3.63) is 69.6 Å². The minimum absolute atomic E-state index is 0.0202. The number of hydrogen-bond acceptors (Lipinski definition) is 6. The maximum Gasteiger partial charge on any atom is 0.406 e. The average Bonchev–Trinajstić information content (AvgIpc) is 2.88. The van der Waals surface area contributed by atoms with E-state index in [0.717, 1.165) is 11.6 Å². The third-order valence-electron chi connectivity index (χ3n) is 5.71. The molecular formula is C22H22F3N5O3. The second-order valence-corrected chi connectivity index (χ2v) is 8.10. The molecule has 1 amide bonds. The van der Waals surface area contributed by atoms with E-state index in [0.29, 0.717) is 15.8 Å². The molecule has 2 aromatic rings. The van der Waals surface area contributed by atoms with E-state index in [1.165, 1.54) is 17.4 Å². The summed E-state index contributed by atoms with van der Waals surface area (Å²) in [5, 5.41) is 0. The molecule has 0 saturated heterocycles. The fraction of sp³-hybridized carbons (Fsp3) is 0.364. The Bertz CT molecular complexity index is 1220. The molecule has 2 unspecified atom stereocenters. The number of pyridine rings is 1. The van der Waals surface area contributed by atoms with Crippen LogP contribution in [0.5, 0.6) is 5.88 Å². The van der Waals surface area contributed by atoms with Crippen LogP contribution in [0.1, 0.15) is 35.7 Å². The highest BCUT2D eigenvalue weighted by molar-refractivity contribution is 6.01. The van der Waals surface area contributed by atoms with Crippen molar-refractivity contribution in [2.24, 2.45) is 5.92 Å². The third-order valence-corrected chi connectivity index (χ3v) is 5.71. The van der Waals surface area contributed by atoms with Gasteiger partial charge in [0.15, 0.2) is 0 Å². The van der Waals surface area contributed by atoms with Crippen LogP contribution in [0.4, 0.5) is 19.0 Å². The van der Waals surface area contributed by atoms with Gasteiger partial charge in [-0.1, -0.05) is 24.6 Å². The number of anilines is 1. The lowest BCUT2D eigenvalue weighted by Gasteiger charge is -2.32. The summed E-state index contributed by atoms with van der Waals surface area (Å²) in [6.07, 6.45) is 1.67. The smallest absolute Gasteiger partial charge is 0.406 e. The molecular weight excluding hydrogens is 439 g/mol. The van der Waals surface area contributed by atoms with E-state index in [1.54, 1.807) is 6.07 Å². The summed E-state index contributed by atoms with van der Waals surface area (Å²) in [6, 6.07) is 2.70. The Morgan fingerprint density at radius 2 is 2.00 bits per heavy atom. The molecule has 1 aliphatic carbocycles. The minimum Gasteiger partial charge on any atom is -0.475 e. The lowest BCUT2D eigenvalue weighted by molar-refractivity contribution is -0.141. The number of nitrogens with two attached hydrogens (primary N) is 1. The standard InChI is InChI=1S/C22H22F3N5O3/c1-12-7-15(30-5-6-33-20-18(21(30)32)19(26)27-11-28-20)8-13(2)17(12)14-3-4-16(31)29(9-14)10-22(23,24)25/h3-4,7-9,11-12,17H,5-6,10H2,1-2H3,(H2,26,27,28). The predicted molar refractivity (Wildman–Crippen MR) is 113 cm³/mol. The lowest BCUT2D eigenvalue weighted by atomic mass is 9.78. The second kappa shape index (κ2) is 8.38. The van der Waals surface area contributed by atoms with Gasteiger partial charge in [0.05, 0.1) is 6.54 Å². The zero-order valence-corrected chi connectivity index (χ0v) is 18.0. The number of aromatic nitrogens is 3. The van der Waals surface area contributed by atoms with Crippen molar-refractivity contribution in [2.75, 3.05) is 18.9 Å². The maximum atomic E-state index is 13.2.